The Kier molecular flexibility index (Phi) is 22.5. The van der Waals surface area contributed by atoms with Gasteiger partial charge in [0.1, 0.15) is 104 Å². The van der Waals surface area contributed by atoms with E-state index in [-0.39, 0.29) is 73.9 Å². The summed E-state index contributed by atoms with van der Waals surface area (Å²) in [5.41, 5.74) is 13.1. The number of piperidine rings is 1. The lowest BCUT2D eigenvalue weighted by molar-refractivity contribution is -0.140. The summed E-state index contributed by atoms with van der Waals surface area (Å²) >= 11 is 6.83. The van der Waals surface area contributed by atoms with Crippen molar-refractivity contribution < 1.29 is 63.4 Å². The number of carbonyl (C=O) groups excluding carboxylic acids is 4. The molecule has 29 heteroatoms. The molecular formula is C86H75F9N10O5S5. The molecule has 7 heterocycles. The minimum atomic E-state index is -0.935. The predicted molar refractivity (Wildman–Crippen MR) is 431 cm³/mol. The number of nitrogens with two attached hydrogens (primary N) is 1. The number of thioether (sulfide) groups is 4. The van der Waals surface area contributed by atoms with E-state index in [1.807, 2.05) is 84.2 Å². The van der Waals surface area contributed by atoms with Gasteiger partial charge in [0.25, 0.3) is 5.91 Å². The fourth-order valence-electron chi connectivity index (χ4n) is 16.4. The van der Waals surface area contributed by atoms with Crippen LogP contribution in [0.5, 0.6) is 5.75 Å². The maximum absolute atomic E-state index is 14.6. The minimum Gasteiger partial charge on any atom is -0.485 e. The van der Waals surface area contributed by atoms with E-state index < -0.39 is 77.9 Å². The zero-order valence-electron chi connectivity index (χ0n) is 62.1. The van der Waals surface area contributed by atoms with Crippen LogP contribution in [0.25, 0.3) is 0 Å². The molecule has 4 spiro atoms. The average Bonchev–Trinajstić information content (AvgIpc) is 1.66. The third-order valence-corrected chi connectivity index (χ3v) is 28.8. The second-order valence-corrected chi connectivity index (χ2v) is 35.6. The first-order valence-electron chi connectivity index (χ1n) is 37.9. The van der Waals surface area contributed by atoms with Crippen molar-refractivity contribution in [3.05, 3.63) is 300 Å². The quantitative estimate of drug-likeness (QED) is 0.138. The van der Waals surface area contributed by atoms with Crippen LogP contribution in [0.3, 0.4) is 0 Å². The van der Waals surface area contributed by atoms with Crippen LogP contribution in [0.4, 0.5) is 39.5 Å². The number of thiophene rings is 1. The molecule has 6 atom stereocenters. The second-order valence-electron chi connectivity index (χ2n) is 29.5. The molecule has 9 aromatic rings. The molecule has 10 aliphatic rings. The highest BCUT2D eigenvalue weighted by atomic mass is 32.2. The normalized spacial score (nSPS) is 23.2. The van der Waals surface area contributed by atoms with E-state index in [9.17, 15) is 58.7 Å². The highest BCUT2D eigenvalue weighted by molar-refractivity contribution is 8.16. The molecule has 592 valence electrons. The summed E-state index contributed by atoms with van der Waals surface area (Å²) in [4.78, 5) is 49.8. The number of nitrogens with one attached hydrogen (secondary N) is 1. The third-order valence-electron chi connectivity index (χ3n) is 22.1. The van der Waals surface area contributed by atoms with Gasteiger partial charge in [-0.1, -0.05) is 126 Å². The van der Waals surface area contributed by atoms with Gasteiger partial charge in [0.05, 0.1) is 6.04 Å². The van der Waals surface area contributed by atoms with E-state index in [1.54, 1.807) is 22.4 Å². The largest absolute Gasteiger partial charge is 0.485 e. The standard InChI is InChI=1S/C24H18F2N2O2S.C23H23F2N3OS.C20H19F2N3OS2.C19H15F3N2OS/c1-15(29)28-24(31-23(27-28)18-13-17(25)11-12-20(18)26)14-22(16-7-3-2-4-8-16)30-21-10-6-5-9-19(21)24;24-17-7-8-20(25)18(14-17)21-27-28(22(29)16-9-12-26-13-10-16)23(30-21)11-3-5-15-4-1-2-6-19(15)23;21-12-5-6-15(22)13(10-12)18-24-25(19(26)17(23)11-3-4-11)20(28-18)8-1-2-16-14(20)7-9-27-16;1-11(25)24-19(8-2-3-12-4-5-14(21)10-16(12)19)26-18(23-24)15-9-13(20)6-7-17(15)22/h2-13,22H,14H2,1H3;1-2,4,6-8,14,16,26H,3,5,9-13H2;5-7,9-11,17H,1-4,8,23H2;4-7,9-10H,2-3,8H2,1H3/t;;17-,20?;/m..0./s1. The topological polar surface area (TPSA) is 178 Å². The van der Waals surface area contributed by atoms with Gasteiger partial charge >= 0.3 is 0 Å². The van der Waals surface area contributed by atoms with Gasteiger partial charge in [0.15, 0.2) is 0 Å². The second kappa shape index (κ2) is 32.5. The number of hydrogen-bond donors (Lipinski definition) is 2. The van der Waals surface area contributed by atoms with Crippen LogP contribution in [0.1, 0.15) is 157 Å². The van der Waals surface area contributed by atoms with E-state index in [2.05, 4.69) is 31.8 Å². The summed E-state index contributed by atoms with van der Waals surface area (Å²) in [6, 6.07) is 44.3. The number of fused-ring (bicyclic) bond motifs is 8. The fourth-order valence-corrected chi connectivity index (χ4v) is 23.4. The minimum absolute atomic E-state index is 0.00153. The van der Waals surface area contributed by atoms with Crippen LogP contribution < -0.4 is 15.8 Å². The summed E-state index contributed by atoms with van der Waals surface area (Å²) in [5, 5.41) is 30.2. The van der Waals surface area contributed by atoms with E-state index in [1.165, 1.54) is 105 Å². The molecule has 6 aliphatic heterocycles. The number of ether oxygens (including phenoxy) is 1. The molecule has 0 radical (unpaired) electrons. The number of hydrogen-bond acceptors (Lipinski definition) is 16. The first-order chi connectivity index (χ1) is 55.5. The Morgan fingerprint density at radius 3 is 1.43 bits per heavy atom. The third kappa shape index (κ3) is 15.2. The molecule has 19 rings (SSSR count). The van der Waals surface area contributed by atoms with Crippen molar-refractivity contribution in [2.75, 3.05) is 13.1 Å². The van der Waals surface area contributed by atoms with E-state index in [0.717, 1.165) is 178 Å². The number of benzene rings is 8. The SMILES string of the molecule is CC(=O)N1N=C(c2cc(F)ccc2F)SC12CC(c1ccccc1)Oc1ccccc12.CC(=O)N1N=C(c2cc(F)ccc2F)SC12CCCc1ccc(F)cc12.N[C@H](C(=O)N1N=C(c2cc(F)ccc2F)SC12CCCc1sccc12)C1CC1.O=C(C1CCNCC1)N1N=C(c2cc(F)ccc2F)SC12CCCc1ccccc12. The Labute approximate surface area is 678 Å². The zero-order valence-corrected chi connectivity index (χ0v) is 66.2. The van der Waals surface area contributed by atoms with Gasteiger partial charge in [-0.05, 0) is 233 Å². The average molecular weight is 1660 g/mol. The van der Waals surface area contributed by atoms with Crippen molar-refractivity contribution in [3.63, 3.8) is 0 Å². The van der Waals surface area contributed by atoms with Crippen molar-refractivity contribution in [2.24, 2.45) is 38.0 Å². The van der Waals surface area contributed by atoms with Crippen molar-refractivity contribution >= 4 is 102 Å². The lowest BCUT2D eigenvalue weighted by Crippen LogP contribution is -2.50. The number of para-hydroxylation sites is 1. The molecular weight excluding hydrogens is 1580 g/mol. The number of halogens is 9. The van der Waals surface area contributed by atoms with E-state index >= 15 is 0 Å². The lowest BCUT2D eigenvalue weighted by atomic mass is 9.85. The predicted octanol–water partition coefficient (Wildman–Crippen LogP) is 18.7. The number of amides is 4. The van der Waals surface area contributed by atoms with E-state index in [0.29, 0.717) is 40.7 Å². The Bertz CT molecular complexity index is 5480. The van der Waals surface area contributed by atoms with Crippen LogP contribution in [-0.2, 0) is 57.9 Å². The van der Waals surface area contributed by atoms with Crippen LogP contribution in [0.2, 0.25) is 0 Å². The number of aryl methyl sites for hydroxylation is 3. The molecule has 115 heavy (non-hydrogen) atoms. The molecule has 0 bridgehead atoms. The summed E-state index contributed by atoms with van der Waals surface area (Å²) in [5.74, 6) is -5.06. The maximum atomic E-state index is 14.6. The van der Waals surface area contributed by atoms with Crippen LogP contribution in [-0.4, -0.2) is 83.0 Å². The van der Waals surface area contributed by atoms with E-state index in [4.69, 9.17) is 10.5 Å². The number of carbonyl (C=O) groups is 4. The Morgan fingerprint density at radius 1 is 0.461 bits per heavy atom. The fraction of sp³-hybridized carbons (Fsp3) is 0.302. The summed E-state index contributed by atoms with van der Waals surface area (Å²) < 4.78 is 133. The zero-order chi connectivity index (χ0) is 80.2. The number of nitrogens with zero attached hydrogens (tertiary/aromatic N) is 8. The molecule has 4 aliphatic carbocycles. The summed E-state index contributed by atoms with van der Waals surface area (Å²) in [7, 11) is 0. The van der Waals surface area contributed by atoms with Crippen molar-refractivity contribution in [1.29, 1.82) is 0 Å². The molecule has 1 aromatic heterocycles. The number of hydrazone groups is 4. The highest BCUT2D eigenvalue weighted by Gasteiger charge is 2.57. The molecule has 4 amide bonds. The molecule has 8 aromatic carbocycles. The summed E-state index contributed by atoms with van der Waals surface area (Å²) in [6.07, 6.45) is 10.7. The van der Waals surface area contributed by atoms with Crippen molar-refractivity contribution in [3.8, 4) is 5.75 Å². The molecule has 1 saturated heterocycles. The van der Waals surface area contributed by atoms with Crippen molar-refractivity contribution in [2.45, 2.75) is 135 Å². The van der Waals surface area contributed by atoms with Gasteiger partial charge in [0, 0.05) is 64.4 Å². The lowest BCUT2D eigenvalue weighted by Gasteiger charge is -2.42. The Hall–Kier alpha value is -9.49. The molecule has 5 unspecified atom stereocenters. The molecule has 15 nitrogen and oxygen atoms in total. The first kappa shape index (κ1) is 79.4. The van der Waals surface area contributed by atoms with Gasteiger partial charge in [0.2, 0.25) is 17.7 Å². The molecule has 1 saturated carbocycles. The van der Waals surface area contributed by atoms with Crippen LogP contribution >= 0.6 is 58.4 Å². The Morgan fingerprint density at radius 2 is 0.896 bits per heavy atom. The van der Waals surface area contributed by atoms with Gasteiger partial charge < -0.3 is 15.8 Å². The van der Waals surface area contributed by atoms with Crippen LogP contribution in [0, 0.1) is 64.2 Å². The van der Waals surface area contributed by atoms with Gasteiger partial charge in [-0.25, -0.2) is 59.5 Å². The highest BCUT2D eigenvalue weighted by Crippen LogP contribution is 2.61. The Balaban J connectivity index is 0.000000115. The monoisotopic (exact) mass is 1660 g/mol. The smallest absolute Gasteiger partial charge is 0.261 e. The van der Waals surface area contributed by atoms with Crippen molar-refractivity contribution in [1.82, 2.24) is 25.4 Å². The first-order valence-corrected chi connectivity index (χ1v) is 42.0. The maximum Gasteiger partial charge on any atom is 0.261 e. The van der Waals surface area contributed by atoms with Crippen LogP contribution in [0.15, 0.2) is 202 Å². The van der Waals surface area contributed by atoms with Gasteiger partial charge in [-0.3, -0.25) is 19.2 Å². The molecule has 3 N–H and O–H groups in total. The molecule has 2 fully saturated rings. The number of rotatable bonds is 8. The van der Waals surface area contributed by atoms with Gasteiger partial charge in [-0.2, -0.15) is 20.4 Å². The van der Waals surface area contributed by atoms with Gasteiger partial charge in [-0.15, -0.1) is 11.3 Å². The summed E-state index contributed by atoms with van der Waals surface area (Å²) in [6.45, 7) is 4.39.